The average molecular weight is 946 g/mol. The van der Waals surface area contributed by atoms with Gasteiger partial charge in [0, 0.05) is 38.2 Å². The SMILES string of the molecule is Cc1ccc(S(=O)(=O)N(CCCC#N)CCCN(C(=O)OCc2ccccc2)[C@H]2CC[C@@]3(C)[C@H](C2)C[C@@H](O)[C@@H]2[C@@H]3CC[C@]3(C)[C@@H]([C@H](C)CCC(O[Si](C)(C)C(C)(C)C)C(C)C)CC[C@@H]23)cc1. The number of aliphatic hydroxyl groups is 1. The van der Waals surface area contributed by atoms with Crippen LogP contribution in [0.2, 0.25) is 18.1 Å². The number of carbonyl (C=O) groups is 1. The maximum absolute atomic E-state index is 14.2. The van der Waals surface area contributed by atoms with Gasteiger partial charge in [0.25, 0.3) is 0 Å². The largest absolute Gasteiger partial charge is 0.445 e. The Morgan fingerprint density at radius 2 is 1.55 bits per heavy atom. The van der Waals surface area contributed by atoms with E-state index in [2.05, 4.69) is 74.6 Å². The lowest BCUT2D eigenvalue weighted by atomic mass is 9.43. The van der Waals surface area contributed by atoms with Crippen molar-refractivity contribution >= 4 is 24.4 Å². The van der Waals surface area contributed by atoms with Gasteiger partial charge in [-0.15, -0.1) is 0 Å². The monoisotopic (exact) mass is 946 g/mol. The van der Waals surface area contributed by atoms with Crippen molar-refractivity contribution in [1.29, 1.82) is 5.26 Å². The van der Waals surface area contributed by atoms with Gasteiger partial charge in [-0.25, -0.2) is 13.2 Å². The number of ether oxygens (including phenoxy) is 1. The maximum Gasteiger partial charge on any atom is 0.410 e. The van der Waals surface area contributed by atoms with E-state index in [0.29, 0.717) is 54.9 Å². The summed E-state index contributed by atoms with van der Waals surface area (Å²) in [6.45, 7) is 27.0. The molecule has 1 N–H and O–H groups in total. The Labute approximate surface area is 402 Å². The third-order valence-electron chi connectivity index (χ3n) is 18.4. The van der Waals surface area contributed by atoms with Gasteiger partial charge in [0.2, 0.25) is 10.0 Å². The number of nitrogens with zero attached hydrogens (tertiary/aromatic N) is 3. The zero-order chi connectivity index (χ0) is 48.2. The molecule has 368 valence electrons. The molecule has 0 saturated heterocycles. The molecule has 11 heteroatoms. The lowest BCUT2D eigenvalue weighted by molar-refractivity contribution is -0.170. The van der Waals surface area contributed by atoms with Crippen molar-refractivity contribution in [2.24, 2.45) is 52.3 Å². The van der Waals surface area contributed by atoms with Crippen LogP contribution < -0.4 is 0 Å². The normalized spacial score (nSPS) is 29.9. The predicted octanol–water partition coefficient (Wildman–Crippen LogP) is 12.8. The van der Waals surface area contributed by atoms with Gasteiger partial charge in [0.1, 0.15) is 6.61 Å². The van der Waals surface area contributed by atoms with E-state index in [9.17, 15) is 23.6 Å². The second kappa shape index (κ2) is 21.5. The molecule has 0 aromatic heterocycles. The molecule has 2 aromatic carbocycles. The van der Waals surface area contributed by atoms with E-state index in [-0.39, 0.29) is 77.1 Å². The first-order valence-corrected chi connectivity index (χ1v) is 30.1. The van der Waals surface area contributed by atoms with Gasteiger partial charge in [-0.1, -0.05) is 103 Å². The van der Waals surface area contributed by atoms with Gasteiger partial charge in [0.15, 0.2) is 8.32 Å². The molecule has 11 atom stereocenters. The molecule has 1 unspecified atom stereocenters. The Hall–Kier alpha value is -2.75. The van der Waals surface area contributed by atoms with Crippen LogP contribution in [0.3, 0.4) is 0 Å². The molecule has 0 bridgehead atoms. The molecule has 9 nitrogen and oxygen atoms in total. The van der Waals surface area contributed by atoms with Crippen molar-refractivity contribution in [3.8, 4) is 6.07 Å². The van der Waals surface area contributed by atoms with Crippen molar-refractivity contribution in [3.63, 3.8) is 0 Å². The predicted molar refractivity (Wildman–Crippen MR) is 268 cm³/mol. The second-order valence-corrected chi connectivity index (χ2v) is 30.4. The molecule has 0 radical (unpaired) electrons. The van der Waals surface area contributed by atoms with Crippen LogP contribution in [0.1, 0.15) is 150 Å². The minimum atomic E-state index is -3.81. The standard InChI is InChI=1S/C55H87N3O6SSi/c1-39(2)50(64-66(10,11)53(5,6)7)27-22-41(4)46-25-26-47-51-48(29-31-55(46,47)9)54(8)30-28-44(36-43(54)37-49(51)59)58(52(60)63-38-42-18-13-12-14-19-42)35-17-34-57(33-16-15-32-56)65(61,62)45-23-20-40(3)21-24-45/h12-14,18-21,23-24,39,41,43-44,46-51,59H,15-17,22,25-31,33-38H2,1-11H3/t41-,43-,44+,46-,47+,48+,49-,50?,51+,54+,55-/m1/s1. The molecule has 1 amide bonds. The highest BCUT2D eigenvalue weighted by Gasteiger charge is 2.63. The summed E-state index contributed by atoms with van der Waals surface area (Å²) in [5.74, 6) is 3.31. The third kappa shape index (κ3) is 11.5. The molecule has 4 aliphatic rings. The summed E-state index contributed by atoms with van der Waals surface area (Å²) in [5, 5.41) is 21.8. The Morgan fingerprint density at radius 1 is 0.894 bits per heavy atom. The minimum Gasteiger partial charge on any atom is -0.445 e. The highest BCUT2D eigenvalue weighted by Crippen LogP contribution is 2.68. The summed E-state index contributed by atoms with van der Waals surface area (Å²) in [4.78, 5) is 16.3. The second-order valence-electron chi connectivity index (χ2n) is 23.7. The molecule has 0 heterocycles. The smallest absolute Gasteiger partial charge is 0.410 e. The molecule has 4 saturated carbocycles. The van der Waals surface area contributed by atoms with Crippen molar-refractivity contribution in [1.82, 2.24) is 9.21 Å². The highest BCUT2D eigenvalue weighted by molar-refractivity contribution is 7.89. The topological polar surface area (TPSA) is 120 Å². The fourth-order valence-corrected chi connectivity index (χ4v) is 16.4. The van der Waals surface area contributed by atoms with E-state index in [1.54, 1.807) is 24.3 Å². The number of aliphatic hydroxyl groups excluding tert-OH is 1. The summed E-state index contributed by atoms with van der Waals surface area (Å²) in [6, 6.07) is 18.7. The van der Waals surface area contributed by atoms with E-state index in [0.717, 1.165) is 49.7 Å². The summed E-state index contributed by atoms with van der Waals surface area (Å²) >= 11 is 0. The van der Waals surface area contributed by atoms with Gasteiger partial charge >= 0.3 is 6.09 Å². The number of rotatable bonds is 19. The number of hydrogen-bond acceptors (Lipinski definition) is 7. The van der Waals surface area contributed by atoms with Gasteiger partial charge in [-0.3, -0.25) is 0 Å². The van der Waals surface area contributed by atoms with Gasteiger partial charge in [-0.05, 0) is 172 Å². The van der Waals surface area contributed by atoms with Crippen molar-refractivity contribution in [2.75, 3.05) is 19.6 Å². The van der Waals surface area contributed by atoms with Crippen LogP contribution in [0.15, 0.2) is 59.5 Å². The first kappa shape index (κ1) is 52.6. The molecule has 4 aliphatic carbocycles. The number of fused-ring (bicyclic) bond motifs is 5. The number of carbonyl (C=O) groups excluding carboxylic acids is 1. The van der Waals surface area contributed by atoms with Gasteiger partial charge in [0.05, 0.1) is 17.1 Å². The molecule has 4 fully saturated rings. The first-order valence-electron chi connectivity index (χ1n) is 25.8. The molecular weight excluding hydrogens is 859 g/mol. The number of hydrogen-bond donors (Lipinski definition) is 1. The van der Waals surface area contributed by atoms with Crippen LogP contribution in [-0.2, 0) is 25.8 Å². The number of sulfonamides is 1. The molecular formula is C55H87N3O6SSi. The lowest BCUT2D eigenvalue weighted by Crippen LogP contribution is -2.60. The fourth-order valence-electron chi connectivity index (χ4n) is 13.4. The summed E-state index contributed by atoms with van der Waals surface area (Å²) in [7, 11) is -5.69. The Bertz CT molecular complexity index is 2050. The number of unbranched alkanes of at least 4 members (excludes halogenated alkanes) is 1. The van der Waals surface area contributed by atoms with Crippen LogP contribution in [0.5, 0.6) is 0 Å². The zero-order valence-corrected chi connectivity index (χ0v) is 44.5. The van der Waals surface area contributed by atoms with Crippen molar-refractivity contribution in [3.05, 3.63) is 65.7 Å². The van der Waals surface area contributed by atoms with Crippen LogP contribution in [0.4, 0.5) is 4.79 Å². The van der Waals surface area contributed by atoms with E-state index < -0.39 is 18.3 Å². The highest BCUT2D eigenvalue weighted by atomic mass is 32.2. The summed E-state index contributed by atoms with van der Waals surface area (Å²) in [6.07, 6.45) is 11.2. The van der Waals surface area contributed by atoms with Gasteiger partial charge in [-0.2, -0.15) is 9.57 Å². The van der Waals surface area contributed by atoms with Gasteiger partial charge < -0.3 is 19.2 Å². The molecule has 2 aromatic rings. The summed E-state index contributed by atoms with van der Waals surface area (Å²) in [5.41, 5.74) is 2.20. The summed E-state index contributed by atoms with van der Waals surface area (Å²) < 4.78 is 42.4. The van der Waals surface area contributed by atoms with E-state index >= 15 is 0 Å². The fraction of sp³-hybridized carbons (Fsp3) is 0.745. The first-order chi connectivity index (χ1) is 31.0. The molecule has 6 rings (SSSR count). The molecule has 66 heavy (non-hydrogen) atoms. The Kier molecular flexibility index (Phi) is 17.1. The van der Waals surface area contributed by atoms with Crippen molar-refractivity contribution in [2.45, 2.75) is 194 Å². The third-order valence-corrected chi connectivity index (χ3v) is 24.8. The van der Waals surface area contributed by atoms with E-state index in [1.165, 1.54) is 30.0 Å². The molecule has 0 aliphatic heterocycles. The van der Waals surface area contributed by atoms with Crippen LogP contribution in [0.25, 0.3) is 0 Å². The maximum atomic E-state index is 14.2. The van der Waals surface area contributed by atoms with Crippen LogP contribution in [0, 0.1) is 70.5 Å². The average Bonchev–Trinajstić information content (AvgIpc) is 3.62. The van der Waals surface area contributed by atoms with Crippen LogP contribution in [-0.4, -0.2) is 75.0 Å². The van der Waals surface area contributed by atoms with E-state index in [1.807, 2.05) is 42.2 Å². The zero-order valence-electron chi connectivity index (χ0n) is 42.7. The van der Waals surface area contributed by atoms with Crippen molar-refractivity contribution < 1.29 is 27.5 Å². The number of aryl methyl sites for hydroxylation is 1. The molecule has 0 spiro atoms. The number of amides is 1. The van der Waals surface area contributed by atoms with Crippen LogP contribution >= 0.6 is 0 Å². The quantitative estimate of drug-likeness (QED) is 0.110. The Balaban J connectivity index is 1.15. The lowest BCUT2D eigenvalue weighted by Gasteiger charge is -2.63. The van der Waals surface area contributed by atoms with E-state index in [4.69, 9.17) is 9.16 Å². The number of nitriles is 1. The Morgan fingerprint density at radius 3 is 2.20 bits per heavy atom. The minimum absolute atomic E-state index is 0.0725. The number of benzene rings is 2.